The van der Waals surface area contributed by atoms with Crippen molar-refractivity contribution in [3.8, 4) is 0 Å². The maximum Gasteiger partial charge on any atom is 0.243 e. The molecule has 0 saturated carbocycles. The van der Waals surface area contributed by atoms with Crippen LogP contribution in [0.2, 0.25) is 24.7 Å². The number of rotatable bonds is 8. The van der Waals surface area contributed by atoms with Crippen molar-refractivity contribution in [2.24, 2.45) is 0 Å². The molecule has 0 amide bonds. The Morgan fingerprint density at radius 3 is 2.45 bits per heavy atom. The number of hydrogen-bond acceptors (Lipinski definition) is 4. The van der Waals surface area contributed by atoms with Crippen LogP contribution in [-0.2, 0) is 19.2 Å². The highest BCUT2D eigenvalue weighted by Crippen LogP contribution is 2.19. The quantitative estimate of drug-likeness (QED) is 0.449. The zero-order valence-corrected chi connectivity index (χ0v) is 14.4. The van der Waals surface area contributed by atoms with Gasteiger partial charge in [-0.1, -0.05) is 23.7 Å². The summed E-state index contributed by atoms with van der Waals surface area (Å²) in [6.45, 7) is 6.93. The summed E-state index contributed by atoms with van der Waals surface area (Å²) in [6.07, 6.45) is 0. The lowest BCUT2D eigenvalue weighted by atomic mass is 10.4. The summed E-state index contributed by atoms with van der Waals surface area (Å²) in [4.78, 5) is 0.0450. The van der Waals surface area contributed by atoms with Gasteiger partial charge in [-0.05, 0) is 31.8 Å². The van der Waals surface area contributed by atoms with E-state index in [0.29, 0.717) is 13.2 Å². The first-order chi connectivity index (χ1) is 9.22. The second-order valence-electron chi connectivity index (χ2n) is 5.09. The average molecular weight is 338 g/mol. The molecular formula is C12H20ClNO4SSi. The molecule has 114 valence electrons. The molecule has 5 nitrogen and oxygen atoms in total. The molecule has 0 aliphatic rings. The predicted octanol–water partition coefficient (Wildman–Crippen LogP) is 2.44. The van der Waals surface area contributed by atoms with Crippen LogP contribution in [0, 0.1) is 0 Å². The minimum Gasteiger partial charge on any atom is -0.415 e. The van der Waals surface area contributed by atoms with Gasteiger partial charge in [0.2, 0.25) is 10.0 Å². The van der Waals surface area contributed by atoms with E-state index < -0.39 is 18.3 Å². The molecule has 0 aliphatic heterocycles. The van der Waals surface area contributed by atoms with E-state index in [1.54, 1.807) is 12.1 Å². The highest BCUT2D eigenvalue weighted by Gasteiger charge is 2.17. The van der Waals surface area contributed by atoms with Gasteiger partial charge in [0.25, 0.3) is 0 Å². The molecule has 0 spiro atoms. The Morgan fingerprint density at radius 2 is 1.85 bits per heavy atom. The molecule has 0 atom stereocenters. The summed E-state index contributed by atoms with van der Waals surface area (Å²) in [5.41, 5.74) is 0. The number of halogens is 1. The molecule has 1 N–H and O–H groups in total. The summed E-state index contributed by atoms with van der Waals surface area (Å²) in [5.74, 6) is 0. The molecule has 8 heteroatoms. The summed E-state index contributed by atoms with van der Waals surface area (Å²) in [6, 6.07) is 6.26. The van der Waals surface area contributed by atoms with Gasteiger partial charge in [0.15, 0.2) is 8.32 Å². The third-order valence-electron chi connectivity index (χ3n) is 2.24. The monoisotopic (exact) mass is 337 g/mol. The highest BCUT2D eigenvalue weighted by atomic mass is 35.5. The van der Waals surface area contributed by atoms with E-state index in [9.17, 15) is 8.42 Å². The van der Waals surface area contributed by atoms with Crippen molar-refractivity contribution < 1.29 is 17.6 Å². The van der Waals surface area contributed by atoms with Crippen molar-refractivity contribution in [2.45, 2.75) is 24.5 Å². The van der Waals surface area contributed by atoms with E-state index in [1.807, 2.05) is 0 Å². The smallest absolute Gasteiger partial charge is 0.243 e. The first kappa shape index (κ1) is 17.6. The van der Waals surface area contributed by atoms with Gasteiger partial charge in [-0.25, -0.2) is 8.42 Å². The van der Waals surface area contributed by atoms with E-state index >= 15 is 0 Å². The van der Waals surface area contributed by atoms with E-state index in [0.717, 1.165) is 0 Å². The molecule has 0 aromatic heterocycles. The summed E-state index contributed by atoms with van der Waals surface area (Å²) < 4.78 is 37.0. The standard InChI is InChI=1S/C12H20ClNO4SSi/c1-20(2,3)18-9-8-17-10-14-19(15,16)12-7-5-4-6-11(12)13/h4-7,14H,8-10H2,1-3H3. The maximum absolute atomic E-state index is 11.9. The van der Waals surface area contributed by atoms with E-state index in [-0.39, 0.29) is 16.6 Å². The molecule has 0 bridgehead atoms. The van der Waals surface area contributed by atoms with E-state index in [2.05, 4.69) is 24.4 Å². The third-order valence-corrected chi connectivity index (χ3v) is 5.18. The molecule has 1 rings (SSSR count). The van der Waals surface area contributed by atoms with Gasteiger partial charge in [-0.3, -0.25) is 0 Å². The van der Waals surface area contributed by atoms with Crippen LogP contribution in [-0.4, -0.2) is 36.7 Å². The van der Waals surface area contributed by atoms with Crippen molar-refractivity contribution in [1.29, 1.82) is 0 Å². The van der Waals surface area contributed by atoms with Crippen molar-refractivity contribution in [1.82, 2.24) is 4.72 Å². The highest BCUT2D eigenvalue weighted by molar-refractivity contribution is 7.89. The van der Waals surface area contributed by atoms with E-state index in [1.165, 1.54) is 12.1 Å². The lowest BCUT2D eigenvalue weighted by Gasteiger charge is -2.17. The molecule has 0 unspecified atom stereocenters. The molecule has 20 heavy (non-hydrogen) atoms. The van der Waals surface area contributed by atoms with E-state index in [4.69, 9.17) is 20.8 Å². The minimum atomic E-state index is -3.65. The SMILES string of the molecule is C[Si](C)(C)OCCOCNS(=O)(=O)c1ccccc1Cl. The van der Waals surface area contributed by atoms with Gasteiger partial charge in [0.05, 0.1) is 18.2 Å². The van der Waals surface area contributed by atoms with Crippen LogP contribution in [0.5, 0.6) is 0 Å². The summed E-state index contributed by atoms with van der Waals surface area (Å²) >= 11 is 5.85. The first-order valence-corrected chi connectivity index (χ1v) is 11.5. The molecule has 1 aromatic carbocycles. The van der Waals surface area contributed by atoms with Crippen LogP contribution in [0.1, 0.15) is 0 Å². The Bertz CT molecular complexity index is 531. The van der Waals surface area contributed by atoms with Crippen LogP contribution < -0.4 is 4.72 Å². The molecule has 1 aromatic rings. The third kappa shape index (κ3) is 6.34. The molecule has 0 saturated heterocycles. The van der Waals surface area contributed by atoms with Gasteiger partial charge >= 0.3 is 0 Å². The van der Waals surface area contributed by atoms with Crippen LogP contribution in [0.25, 0.3) is 0 Å². The van der Waals surface area contributed by atoms with Crippen LogP contribution in [0.3, 0.4) is 0 Å². The predicted molar refractivity (Wildman–Crippen MR) is 81.9 cm³/mol. The fraction of sp³-hybridized carbons (Fsp3) is 0.500. The molecule has 0 fully saturated rings. The van der Waals surface area contributed by atoms with Crippen molar-refractivity contribution in [3.05, 3.63) is 29.3 Å². The average Bonchev–Trinajstić information content (AvgIpc) is 2.32. The van der Waals surface area contributed by atoms with Gasteiger partial charge in [-0.2, -0.15) is 4.72 Å². The Labute approximate surface area is 126 Å². The lowest BCUT2D eigenvalue weighted by molar-refractivity contribution is 0.0954. The minimum absolute atomic E-state index is 0.0450. The van der Waals surface area contributed by atoms with Crippen molar-refractivity contribution in [3.63, 3.8) is 0 Å². The fourth-order valence-corrected chi connectivity index (χ4v) is 3.45. The second kappa shape index (κ2) is 7.53. The Balaban J connectivity index is 2.37. The lowest BCUT2D eigenvalue weighted by Crippen LogP contribution is -2.30. The number of sulfonamides is 1. The molecule has 0 aliphatic carbocycles. The Hall–Kier alpha value is -0.443. The van der Waals surface area contributed by atoms with Crippen LogP contribution >= 0.6 is 11.6 Å². The number of nitrogens with one attached hydrogen (secondary N) is 1. The number of ether oxygens (including phenoxy) is 1. The van der Waals surface area contributed by atoms with Crippen molar-refractivity contribution in [2.75, 3.05) is 19.9 Å². The van der Waals surface area contributed by atoms with Gasteiger partial charge in [0, 0.05) is 0 Å². The topological polar surface area (TPSA) is 64.6 Å². The number of benzene rings is 1. The zero-order chi connectivity index (χ0) is 15.2. The number of hydrogen-bond donors (Lipinski definition) is 1. The second-order valence-corrected chi connectivity index (χ2v) is 11.7. The van der Waals surface area contributed by atoms with Gasteiger partial charge < -0.3 is 9.16 Å². The summed E-state index contributed by atoms with van der Waals surface area (Å²) in [5, 5.41) is 0.182. The van der Waals surface area contributed by atoms with Crippen LogP contribution in [0.4, 0.5) is 0 Å². The molecule has 0 heterocycles. The first-order valence-electron chi connectivity index (χ1n) is 6.18. The molecular weight excluding hydrogens is 318 g/mol. The Morgan fingerprint density at radius 1 is 1.20 bits per heavy atom. The van der Waals surface area contributed by atoms with Crippen LogP contribution in [0.15, 0.2) is 29.2 Å². The summed E-state index contributed by atoms with van der Waals surface area (Å²) in [7, 11) is -5.20. The van der Waals surface area contributed by atoms with Crippen molar-refractivity contribution >= 4 is 29.9 Å². The Kier molecular flexibility index (Phi) is 6.63. The normalized spacial score (nSPS) is 12.6. The zero-order valence-electron chi connectivity index (χ0n) is 11.8. The van der Waals surface area contributed by atoms with Gasteiger partial charge in [-0.15, -0.1) is 0 Å². The maximum atomic E-state index is 11.9. The fourth-order valence-electron chi connectivity index (χ4n) is 1.34. The van der Waals surface area contributed by atoms with Gasteiger partial charge in [0.1, 0.15) is 11.6 Å². The largest absolute Gasteiger partial charge is 0.415 e. The molecule has 0 radical (unpaired) electrons.